The summed E-state index contributed by atoms with van der Waals surface area (Å²) in [4.78, 5) is 20.7. The van der Waals surface area contributed by atoms with Gasteiger partial charge in [-0.25, -0.2) is 9.97 Å². The van der Waals surface area contributed by atoms with Crippen molar-refractivity contribution in [2.24, 2.45) is 0 Å². The van der Waals surface area contributed by atoms with Gasteiger partial charge in [0.15, 0.2) is 6.10 Å². The third-order valence-electron chi connectivity index (χ3n) is 2.90. The number of rotatable bonds is 5. The number of nitrogens with zero attached hydrogens (tertiary/aromatic N) is 2. The molecule has 0 aliphatic carbocycles. The number of carbonyl (C=O) groups is 1. The molecular weight excluding hydrogens is 266 g/mol. The lowest BCUT2D eigenvalue weighted by molar-refractivity contribution is -0.122. The Labute approximate surface area is 124 Å². The number of nitrogens with one attached hydrogen (secondary N) is 1. The average Bonchev–Trinajstić information content (AvgIpc) is 2.44. The van der Waals surface area contributed by atoms with Crippen LogP contribution in [-0.2, 0) is 4.79 Å². The Morgan fingerprint density at radius 2 is 1.81 bits per heavy atom. The number of benzene rings is 1. The lowest BCUT2D eigenvalue weighted by Crippen LogP contribution is -2.33. The molecule has 1 aromatic carbocycles. The van der Waals surface area contributed by atoms with Gasteiger partial charge in [0.25, 0.3) is 5.91 Å². The van der Waals surface area contributed by atoms with E-state index < -0.39 is 6.10 Å². The zero-order valence-corrected chi connectivity index (χ0v) is 12.5. The Morgan fingerprint density at radius 1 is 1.19 bits per heavy atom. The molecule has 5 heteroatoms. The highest BCUT2D eigenvalue weighted by atomic mass is 16.5. The van der Waals surface area contributed by atoms with E-state index in [4.69, 9.17) is 4.74 Å². The van der Waals surface area contributed by atoms with Crippen molar-refractivity contribution in [3.63, 3.8) is 0 Å². The molecule has 110 valence electrons. The first-order chi connectivity index (χ1) is 10.1. The number of para-hydroxylation sites is 1. The van der Waals surface area contributed by atoms with Crippen molar-refractivity contribution in [2.45, 2.75) is 33.3 Å². The molecule has 1 unspecified atom stereocenters. The largest absolute Gasteiger partial charge is 0.481 e. The molecule has 5 nitrogen and oxygen atoms in total. The molecule has 0 aliphatic heterocycles. The molecule has 1 heterocycles. The minimum atomic E-state index is -0.572. The quantitative estimate of drug-likeness (QED) is 0.917. The lowest BCUT2D eigenvalue weighted by atomic mass is 10.2. The summed E-state index contributed by atoms with van der Waals surface area (Å²) in [6, 6.07) is 11.1. The van der Waals surface area contributed by atoms with Crippen molar-refractivity contribution < 1.29 is 9.53 Å². The van der Waals surface area contributed by atoms with Crippen molar-refractivity contribution in [1.29, 1.82) is 0 Å². The van der Waals surface area contributed by atoms with Crippen molar-refractivity contribution >= 4 is 11.9 Å². The topological polar surface area (TPSA) is 64.1 Å². The molecule has 1 N–H and O–H groups in total. The minimum absolute atomic E-state index is 0.244. The van der Waals surface area contributed by atoms with Gasteiger partial charge in [0.1, 0.15) is 5.75 Å². The van der Waals surface area contributed by atoms with Gasteiger partial charge in [-0.3, -0.25) is 10.1 Å². The molecule has 1 amide bonds. The van der Waals surface area contributed by atoms with Crippen molar-refractivity contribution in [1.82, 2.24) is 9.97 Å². The molecule has 21 heavy (non-hydrogen) atoms. The van der Waals surface area contributed by atoms with E-state index >= 15 is 0 Å². The van der Waals surface area contributed by atoms with E-state index in [1.807, 2.05) is 57.2 Å². The van der Waals surface area contributed by atoms with Crippen LogP contribution in [0, 0.1) is 13.8 Å². The number of carbonyl (C=O) groups excluding carboxylic acids is 1. The second kappa shape index (κ2) is 6.83. The predicted octanol–water partition coefficient (Wildman–Crippen LogP) is 2.89. The summed E-state index contributed by atoms with van der Waals surface area (Å²) in [5, 5.41) is 2.71. The van der Waals surface area contributed by atoms with Gasteiger partial charge in [-0.05, 0) is 38.5 Å². The Kier molecular flexibility index (Phi) is 4.87. The first-order valence-electron chi connectivity index (χ1n) is 6.93. The van der Waals surface area contributed by atoms with Gasteiger partial charge in [-0.15, -0.1) is 0 Å². The Balaban J connectivity index is 2.06. The average molecular weight is 285 g/mol. The van der Waals surface area contributed by atoms with Crippen LogP contribution in [-0.4, -0.2) is 22.0 Å². The zero-order chi connectivity index (χ0) is 15.2. The van der Waals surface area contributed by atoms with Crippen LogP contribution < -0.4 is 10.1 Å². The Hall–Kier alpha value is -2.43. The maximum atomic E-state index is 12.3. The van der Waals surface area contributed by atoms with Gasteiger partial charge in [0.05, 0.1) is 0 Å². The van der Waals surface area contributed by atoms with Crippen molar-refractivity contribution in [2.75, 3.05) is 5.32 Å². The summed E-state index contributed by atoms with van der Waals surface area (Å²) in [7, 11) is 0. The fraction of sp³-hybridized carbons (Fsp3) is 0.312. The summed E-state index contributed by atoms with van der Waals surface area (Å²) in [5.74, 6) is 0.736. The summed E-state index contributed by atoms with van der Waals surface area (Å²) in [5.41, 5.74) is 1.63. The number of hydrogen-bond acceptors (Lipinski definition) is 4. The zero-order valence-electron chi connectivity index (χ0n) is 12.5. The van der Waals surface area contributed by atoms with Crippen LogP contribution in [0.4, 0.5) is 5.95 Å². The van der Waals surface area contributed by atoms with Gasteiger partial charge in [-0.1, -0.05) is 25.1 Å². The summed E-state index contributed by atoms with van der Waals surface area (Å²) < 4.78 is 5.69. The fourth-order valence-electron chi connectivity index (χ4n) is 1.96. The van der Waals surface area contributed by atoms with Gasteiger partial charge < -0.3 is 4.74 Å². The van der Waals surface area contributed by atoms with E-state index in [9.17, 15) is 4.79 Å². The first-order valence-corrected chi connectivity index (χ1v) is 6.93. The monoisotopic (exact) mass is 285 g/mol. The third kappa shape index (κ3) is 4.27. The molecule has 1 aromatic heterocycles. The normalized spacial score (nSPS) is 11.8. The molecule has 0 aliphatic rings. The lowest BCUT2D eigenvalue weighted by Gasteiger charge is -2.16. The molecule has 0 saturated heterocycles. The smallest absolute Gasteiger partial charge is 0.267 e. The number of ether oxygens (including phenoxy) is 1. The van der Waals surface area contributed by atoms with Gasteiger partial charge in [0, 0.05) is 11.4 Å². The Bertz CT molecular complexity index is 594. The van der Waals surface area contributed by atoms with E-state index in [1.165, 1.54) is 0 Å². The first kappa shape index (κ1) is 15.0. The van der Waals surface area contributed by atoms with Crippen LogP contribution >= 0.6 is 0 Å². The van der Waals surface area contributed by atoms with Crippen molar-refractivity contribution in [3.8, 4) is 5.75 Å². The SMILES string of the molecule is CCC(Oc1ccccc1)C(=O)Nc1nc(C)cc(C)n1. The van der Waals surface area contributed by atoms with E-state index in [1.54, 1.807) is 0 Å². The second-order valence-electron chi connectivity index (χ2n) is 4.79. The summed E-state index contributed by atoms with van der Waals surface area (Å²) >= 11 is 0. The molecule has 0 spiro atoms. The third-order valence-corrected chi connectivity index (χ3v) is 2.90. The number of amides is 1. The highest BCUT2D eigenvalue weighted by Gasteiger charge is 2.19. The minimum Gasteiger partial charge on any atom is -0.481 e. The fourth-order valence-corrected chi connectivity index (χ4v) is 1.96. The number of hydrogen-bond donors (Lipinski definition) is 1. The van der Waals surface area contributed by atoms with Crippen LogP contribution in [0.5, 0.6) is 5.75 Å². The van der Waals surface area contributed by atoms with Crippen LogP contribution in [0.1, 0.15) is 24.7 Å². The summed E-state index contributed by atoms with van der Waals surface area (Å²) in [6.07, 6.45) is -0.0114. The van der Waals surface area contributed by atoms with Crippen molar-refractivity contribution in [3.05, 3.63) is 47.8 Å². The maximum Gasteiger partial charge on any atom is 0.267 e. The van der Waals surface area contributed by atoms with Gasteiger partial charge >= 0.3 is 0 Å². The molecule has 0 saturated carbocycles. The molecule has 0 radical (unpaired) electrons. The standard InChI is InChI=1S/C16H19N3O2/c1-4-14(21-13-8-6-5-7-9-13)15(20)19-16-17-11(2)10-12(3)18-16/h5-10,14H,4H2,1-3H3,(H,17,18,19,20). The molecule has 1 atom stereocenters. The molecule has 0 fully saturated rings. The maximum absolute atomic E-state index is 12.3. The summed E-state index contributed by atoms with van der Waals surface area (Å²) in [6.45, 7) is 5.62. The van der Waals surface area contributed by atoms with Crippen LogP contribution in [0.3, 0.4) is 0 Å². The molecule has 2 rings (SSSR count). The Morgan fingerprint density at radius 3 is 2.38 bits per heavy atom. The molecule has 0 bridgehead atoms. The van der Waals surface area contributed by atoms with Gasteiger partial charge in [-0.2, -0.15) is 0 Å². The van der Waals surface area contributed by atoms with E-state index in [2.05, 4.69) is 15.3 Å². The predicted molar refractivity (Wildman–Crippen MR) is 81.3 cm³/mol. The highest BCUT2D eigenvalue weighted by Crippen LogP contribution is 2.13. The van der Waals surface area contributed by atoms with Crippen LogP contribution in [0.2, 0.25) is 0 Å². The number of aromatic nitrogens is 2. The molecular formula is C16H19N3O2. The second-order valence-corrected chi connectivity index (χ2v) is 4.79. The van der Waals surface area contributed by atoms with E-state index in [-0.39, 0.29) is 5.91 Å². The van der Waals surface area contributed by atoms with E-state index in [0.717, 1.165) is 11.4 Å². The van der Waals surface area contributed by atoms with Gasteiger partial charge in [0.2, 0.25) is 5.95 Å². The molecule has 2 aromatic rings. The highest BCUT2D eigenvalue weighted by molar-refractivity contribution is 5.92. The van der Waals surface area contributed by atoms with Crippen LogP contribution in [0.15, 0.2) is 36.4 Å². The number of aryl methyl sites for hydroxylation is 2. The number of anilines is 1. The van der Waals surface area contributed by atoms with E-state index in [0.29, 0.717) is 18.1 Å². The van der Waals surface area contributed by atoms with Crippen LogP contribution in [0.25, 0.3) is 0 Å².